The third kappa shape index (κ3) is 3.61. The first-order valence-electron chi connectivity index (χ1n) is 11.3. The maximum atomic E-state index is 12.8. The Bertz CT molecular complexity index is 827. The van der Waals surface area contributed by atoms with Crippen LogP contribution in [0.1, 0.15) is 68.6 Å². The van der Waals surface area contributed by atoms with Crippen molar-refractivity contribution in [3.63, 3.8) is 0 Å². The molecule has 4 bridgehead atoms. The Labute approximate surface area is 177 Å². The molecule has 1 aromatic rings. The molecule has 0 radical (unpaired) electrons. The highest BCUT2D eigenvalue weighted by Gasteiger charge is 2.51. The average Bonchev–Trinajstić information content (AvgIpc) is 3.12. The Morgan fingerprint density at radius 3 is 2.20 bits per heavy atom. The van der Waals surface area contributed by atoms with Gasteiger partial charge in [0, 0.05) is 24.2 Å². The molecule has 6 rings (SSSR count). The molecule has 4 saturated carbocycles. The quantitative estimate of drug-likeness (QED) is 0.755. The SMILES string of the molecule is C[C@H](OC(=O)c1ccc(N2CCCC2=O)cc1)C(=O)NC12CC3CC(CC(C3)C1)C2. The number of ether oxygens (including phenoxy) is 1. The second-order valence-electron chi connectivity index (χ2n) is 9.93. The molecule has 6 heteroatoms. The van der Waals surface area contributed by atoms with Gasteiger partial charge in [-0.3, -0.25) is 9.59 Å². The van der Waals surface area contributed by atoms with Crippen molar-refractivity contribution in [2.75, 3.05) is 11.4 Å². The molecular formula is C24H30N2O4. The first-order chi connectivity index (χ1) is 14.4. The highest BCUT2D eigenvalue weighted by atomic mass is 16.5. The van der Waals surface area contributed by atoms with E-state index in [1.807, 2.05) is 0 Å². The molecule has 4 aliphatic carbocycles. The van der Waals surface area contributed by atoms with Gasteiger partial charge in [0.25, 0.3) is 5.91 Å². The zero-order chi connectivity index (χ0) is 20.9. The number of amides is 2. The number of benzene rings is 1. The van der Waals surface area contributed by atoms with E-state index in [-0.39, 0.29) is 17.4 Å². The highest BCUT2D eigenvalue weighted by Crippen LogP contribution is 2.55. The van der Waals surface area contributed by atoms with Gasteiger partial charge in [-0.05, 0) is 93.9 Å². The second-order valence-corrected chi connectivity index (χ2v) is 9.93. The van der Waals surface area contributed by atoms with E-state index >= 15 is 0 Å². The molecule has 1 aliphatic heterocycles. The van der Waals surface area contributed by atoms with Crippen LogP contribution in [0.4, 0.5) is 5.69 Å². The number of carbonyl (C=O) groups is 3. The summed E-state index contributed by atoms with van der Waals surface area (Å²) in [6, 6.07) is 6.85. The molecule has 160 valence electrons. The van der Waals surface area contributed by atoms with Crippen LogP contribution in [-0.4, -0.2) is 36.0 Å². The maximum absolute atomic E-state index is 12.8. The van der Waals surface area contributed by atoms with Gasteiger partial charge in [-0.2, -0.15) is 0 Å². The summed E-state index contributed by atoms with van der Waals surface area (Å²) in [6.45, 7) is 2.36. The molecule has 0 aromatic heterocycles. The standard InChI is InChI=1S/C24H30N2O4/c1-15(22(28)25-24-12-16-9-17(13-24)11-18(10-16)14-24)30-23(29)19-4-6-20(7-5-19)26-8-2-3-21(26)27/h4-7,15-18H,2-3,8-14H2,1H3,(H,25,28)/t15-,16?,17?,18?,24?/m0/s1. The molecule has 1 heterocycles. The van der Waals surface area contributed by atoms with Gasteiger partial charge in [0.15, 0.2) is 6.10 Å². The molecule has 1 aromatic carbocycles. The Morgan fingerprint density at radius 1 is 1.07 bits per heavy atom. The molecule has 5 aliphatic rings. The third-order valence-corrected chi connectivity index (χ3v) is 7.57. The molecule has 5 fully saturated rings. The van der Waals surface area contributed by atoms with Gasteiger partial charge >= 0.3 is 5.97 Å². The minimum atomic E-state index is -0.828. The number of carbonyl (C=O) groups excluding carboxylic acids is 3. The topological polar surface area (TPSA) is 75.7 Å². The van der Waals surface area contributed by atoms with Crippen LogP contribution in [-0.2, 0) is 14.3 Å². The molecule has 1 saturated heterocycles. The largest absolute Gasteiger partial charge is 0.449 e. The lowest BCUT2D eigenvalue weighted by Crippen LogP contribution is -2.61. The minimum Gasteiger partial charge on any atom is -0.449 e. The minimum absolute atomic E-state index is 0.0869. The molecular weight excluding hydrogens is 380 g/mol. The van der Waals surface area contributed by atoms with E-state index < -0.39 is 12.1 Å². The van der Waals surface area contributed by atoms with Crippen molar-refractivity contribution in [2.24, 2.45) is 17.8 Å². The summed E-state index contributed by atoms with van der Waals surface area (Å²) < 4.78 is 5.47. The lowest BCUT2D eigenvalue weighted by atomic mass is 9.53. The number of hydrogen-bond donors (Lipinski definition) is 1. The smallest absolute Gasteiger partial charge is 0.338 e. The van der Waals surface area contributed by atoms with Crippen molar-refractivity contribution in [2.45, 2.75) is 69.9 Å². The Hall–Kier alpha value is -2.37. The zero-order valence-corrected chi connectivity index (χ0v) is 17.6. The summed E-state index contributed by atoms with van der Waals surface area (Å²) in [5, 5.41) is 3.27. The fourth-order valence-electron chi connectivity index (χ4n) is 6.61. The fourth-order valence-corrected chi connectivity index (χ4v) is 6.61. The summed E-state index contributed by atoms with van der Waals surface area (Å²) in [5.41, 5.74) is 1.10. The number of hydrogen-bond acceptors (Lipinski definition) is 4. The maximum Gasteiger partial charge on any atom is 0.338 e. The predicted molar refractivity (Wildman–Crippen MR) is 112 cm³/mol. The number of nitrogens with zero attached hydrogens (tertiary/aromatic N) is 1. The first-order valence-corrected chi connectivity index (χ1v) is 11.3. The molecule has 1 atom stereocenters. The van der Waals surface area contributed by atoms with E-state index in [1.54, 1.807) is 36.1 Å². The number of rotatable bonds is 5. The number of nitrogens with one attached hydrogen (secondary N) is 1. The second kappa shape index (κ2) is 7.40. The molecule has 30 heavy (non-hydrogen) atoms. The lowest BCUT2D eigenvalue weighted by molar-refractivity contribution is -0.134. The summed E-state index contributed by atoms with van der Waals surface area (Å²) >= 11 is 0. The van der Waals surface area contributed by atoms with Gasteiger partial charge in [0.1, 0.15) is 0 Å². The van der Waals surface area contributed by atoms with Gasteiger partial charge < -0.3 is 15.0 Å². The highest BCUT2D eigenvalue weighted by molar-refractivity contribution is 5.96. The molecule has 1 N–H and O–H groups in total. The third-order valence-electron chi connectivity index (χ3n) is 7.57. The van der Waals surface area contributed by atoms with Crippen LogP contribution in [0.25, 0.3) is 0 Å². The number of esters is 1. The summed E-state index contributed by atoms with van der Waals surface area (Å²) in [4.78, 5) is 39.0. The van der Waals surface area contributed by atoms with E-state index in [9.17, 15) is 14.4 Å². The van der Waals surface area contributed by atoms with Crippen molar-refractivity contribution >= 4 is 23.5 Å². The summed E-state index contributed by atoms with van der Waals surface area (Å²) in [6.07, 6.45) is 7.77. The van der Waals surface area contributed by atoms with E-state index in [4.69, 9.17) is 4.74 Å². The first kappa shape index (κ1) is 19.6. The summed E-state index contributed by atoms with van der Waals surface area (Å²) in [5.74, 6) is 1.65. The Morgan fingerprint density at radius 2 is 1.67 bits per heavy atom. The van der Waals surface area contributed by atoms with E-state index in [2.05, 4.69) is 5.32 Å². The van der Waals surface area contributed by atoms with E-state index in [0.29, 0.717) is 18.5 Å². The van der Waals surface area contributed by atoms with Crippen molar-refractivity contribution in [3.8, 4) is 0 Å². The van der Waals surface area contributed by atoms with Crippen molar-refractivity contribution in [1.82, 2.24) is 5.32 Å². The summed E-state index contributed by atoms with van der Waals surface area (Å²) in [7, 11) is 0. The molecule has 0 unspecified atom stereocenters. The van der Waals surface area contributed by atoms with Crippen molar-refractivity contribution in [1.29, 1.82) is 0 Å². The zero-order valence-electron chi connectivity index (χ0n) is 17.6. The van der Waals surface area contributed by atoms with Crippen LogP contribution in [0.3, 0.4) is 0 Å². The van der Waals surface area contributed by atoms with Gasteiger partial charge in [-0.25, -0.2) is 4.79 Å². The van der Waals surface area contributed by atoms with Gasteiger partial charge in [-0.15, -0.1) is 0 Å². The van der Waals surface area contributed by atoms with Crippen LogP contribution < -0.4 is 10.2 Å². The van der Waals surface area contributed by atoms with Crippen molar-refractivity contribution < 1.29 is 19.1 Å². The van der Waals surface area contributed by atoms with Crippen LogP contribution in [0, 0.1) is 17.8 Å². The lowest BCUT2D eigenvalue weighted by Gasteiger charge is -2.57. The van der Waals surface area contributed by atoms with E-state index in [1.165, 1.54) is 19.3 Å². The fraction of sp³-hybridized carbons (Fsp3) is 0.625. The molecule has 0 spiro atoms. The van der Waals surface area contributed by atoms with Gasteiger partial charge in [0.05, 0.1) is 5.56 Å². The van der Waals surface area contributed by atoms with Gasteiger partial charge in [0.2, 0.25) is 5.91 Å². The average molecular weight is 411 g/mol. The van der Waals surface area contributed by atoms with Crippen LogP contribution in [0.5, 0.6) is 0 Å². The molecule has 2 amide bonds. The van der Waals surface area contributed by atoms with Crippen LogP contribution >= 0.6 is 0 Å². The predicted octanol–water partition coefficient (Wildman–Crippen LogP) is 3.44. The monoisotopic (exact) mass is 410 g/mol. The van der Waals surface area contributed by atoms with E-state index in [0.717, 1.165) is 49.1 Å². The molecule has 6 nitrogen and oxygen atoms in total. The Kier molecular flexibility index (Phi) is 4.83. The van der Waals surface area contributed by atoms with Crippen LogP contribution in [0.2, 0.25) is 0 Å². The number of anilines is 1. The van der Waals surface area contributed by atoms with Crippen molar-refractivity contribution in [3.05, 3.63) is 29.8 Å². The normalized spacial score (nSPS) is 32.9. The van der Waals surface area contributed by atoms with Crippen LogP contribution in [0.15, 0.2) is 24.3 Å². The Balaban J connectivity index is 1.19. The van der Waals surface area contributed by atoms with Gasteiger partial charge in [-0.1, -0.05) is 0 Å².